The molecule has 144 valence electrons. The number of amides is 2. The molecular weight excluding hydrogens is 340 g/mol. The van der Waals surface area contributed by atoms with Crippen molar-refractivity contribution < 1.29 is 9.59 Å². The highest BCUT2D eigenvalue weighted by Gasteiger charge is 2.26. The third-order valence-electron chi connectivity index (χ3n) is 5.55. The average molecular weight is 368 g/mol. The van der Waals surface area contributed by atoms with Gasteiger partial charge in [-0.1, -0.05) is 18.2 Å². The molecule has 6 nitrogen and oxygen atoms in total. The molecule has 0 spiro atoms. The number of fused-ring (bicyclic) bond motifs is 1. The van der Waals surface area contributed by atoms with Crippen molar-refractivity contribution >= 4 is 22.7 Å². The molecule has 2 aromatic rings. The molecule has 0 bridgehead atoms. The zero-order chi connectivity index (χ0) is 18.6. The van der Waals surface area contributed by atoms with Crippen molar-refractivity contribution in [2.24, 2.45) is 0 Å². The third-order valence-corrected chi connectivity index (χ3v) is 5.55. The van der Waals surface area contributed by atoms with E-state index in [1.54, 1.807) is 0 Å². The van der Waals surface area contributed by atoms with Crippen molar-refractivity contribution in [1.82, 2.24) is 20.1 Å². The van der Waals surface area contributed by atoms with E-state index in [1.165, 1.54) is 10.9 Å². The number of rotatable bonds is 7. The largest absolute Gasteiger partial charge is 0.361 e. The molecule has 6 heteroatoms. The number of hydrogen-bond acceptors (Lipinski definition) is 3. The van der Waals surface area contributed by atoms with Gasteiger partial charge >= 0.3 is 0 Å². The van der Waals surface area contributed by atoms with Crippen molar-refractivity contribution in [1.29, 1.82) is 0 Å². The average Bonchev–Trinajstić information content (AvgIpc) is 3.40. The number of piperazine rings is 1. The van der Waals surface area contributed by atoms with Crippen LogP contribution in [0.15, 0.2) is 30.5 Å². The van der Waals surface area contributed by atoms with E-state index in [-0.39, 0.29) is 11.8 Å². The first-order valence-electron chi connectivity index (χ1n) is 10.0. The molecule has 1 aromatic heterocycles. The lowest BCUT2D eigenvalue weighted by Crippen LogP contribution is -2.51. The van der Waals surface area contributed by atoms with Gasteiger partial charge in [-0.3, -0.25) is 14.5 Å². The molecule has 4 rings (SSSR count). The zero-order valence-electron chi connectivity index (χ0n) is 15.7. The summed E-state index contributed by atoms with van der Waals surface area (Å²) in [6.07, 6.45) is 6.66. The van der Waals surface area contributed by atoms with Crippen LogP contribution in [0.2, 0.25) is 0 Å². The van der Waals surface area contributed by atoms with E-state index in [0.29, 0.717) is 19.0 Å². The number of benzene rings is 1. The number of nitrogens with one attached hydrogen (secondary N) is 2. The van der Waals surface area contributed by atoms with E-state index in [4.69, 9.17) is 0 Å². The lowest BCUT2D eigenvalue weighted by atomic mass is 10.1. The molecule has 2 fully saturated rings. The molecule has 2 N–H and O–H groups in total. The van der Waals surface area contributed by atoms with Crippen molar-refractivity contribution in [3.8, 4) is 0 Å². The van der Waals surface area contributed by atoms with Gasteiger partial charge in [-0.2, -0.15) is 0 Å². The molecule has 2 aliphatic rings. The summed E-state index contributed by atoms with van der Waals surface area (Å²) in [5, 5.41) is 4.28. The summed E-state index contributed by atoms with van der Waals surface area (Å²) in [5.74, 6) is 0.355. The third kappa shape index (κ3) is 4.69. The van der Waals surface area contributed by atoms with Crippen LogP contribution in [0.3, 0.4) is 0 Å². The molecule has 1 aromatic carbocycles. The molecule has 0 unspecified atom stereocenters. The van der Waals surface area contributed by atoms with Gasteiger partial charge in [0.05, 0.1) is 6.54 Å². The molecule has 2 amide bonds. The SMILES string of the molecule is O=C(CN1CCN(C(=O)CCCc2c[nH]c3ccccc23)CC1)NC1CC1. The van der Waals surface area contributed by atoms with E-state index in [2.05, 4.69) is 39.6 Å². The van der Waals surface area contributed by atoms with Gasteiger partial charge in [0, 0.05) is 55.7 Å². The maximum Gasteiger partial charge on any atom is 0.234 e. The van der Waals surface area contributed by atoms with Gasteiger partial charge in [-0.05, 0) is 37.3 Å². The highest BCUT2D eigenvalue weighted by atomic mass is 16.2. The van der Waals surface area contributed by atoms with Gasteiger partial charge in [0.2, 0.25) is 11.8 Å². The van der Waals surface area contributed by atoms with Crippen LogP contribution in [-0.2, 0) is 16.0 Å². The first-order valence-corrected chi connectivity index (χ1v) is 10.0. The van der Waals surface area contributed by atoms with Crippen LogP contribution in [0.5, 0.6) is 0 Å². The minimum atomic E-state index is 0.121. The number of para-hydroxylation sites is 1. The van der Waals surface area contributed by atoms with Gasteiger partial charge in [-0.15, -0.1) is 0 Å². The Kier molecular flexibility index (Phi) is 5.43. The Morgan fingerprint density at radius 3 is 2.67 bits per heavy atom. The smallest absolute Gasteiger partial charge is 0.234 e. The Morgan fingerprint density at radius 1 is 1.11 bits per heavy atom. The predicted octanol–water partition coefficient (Wildman–Crippen LogP) is 1.91. The van der Waals surface area contributed by atoms with Crippen molar-refractivity contribution in [2.45, 2.75) is 38.1 Å². The molecule has 1 aliphatic heterocycles. The Balaban J connectivity index is 1.17. The Bertz CT molecular complexity index is 803. The van der Waals surface area contributed by atoms with E-state index in [9.17, 15) is 9.59 Å². The number of H-pyrrole nitrogens is 1. The van der Waals surface area contributed by atoms with Crippen LogP contribution in [-0.4, -0.2) is 65.4 Å². The fraction of sp³-hybridized carbons (Fsp3) is 0.524. The molecule has 1 aliphatic carbocycles. The van der Waals surface area contributed by atoms with Gasteiger partial charge in [0.25, 0.3) is 0 Å². The Hall–Kier alpha value is -2.34. The normalized spacial score (nSPS) is 18.0. The molecular formula is C21H28N4O2. The maximum atomic E-state index is 12.5. The van der Waals surface area contributed by atoms with Gasteiger partial charge in [-0.25, -0.2) is 0 Å². The first kappa shape index (κ1) is 18.0. The number of hydrogen-bond donors (Lipinski definition) is 2. The quantitative estimate of drug-likeness (QED) is 0.784. The number of aromatic amines is 1. The monoisotopic (exact) mass is 368 g/mol. The van der Waals surface area contributed by atoms with Crippen LogP contribution in [0.4, 0.5) is 0 Å². The highest BCUT2D eigenvalue weighted by Crippen LogP contribution is 2.20. The second-order valence-corrected chi connectivity index (χ2v) is 7.71. The predicted molar refractivity (Wildman–Crippen MR) is 105 cm³/mol. The fourth-order valence-corrected chi connectivity index (χ4v) is 3.79. The van der Waals surface area contributed by atoms with Gasteiger partial charge in [0.15, 0.2) is 0 Å². The standard InChI is InChI=1S/C21H28N4O2/c26-20(23-17-8-9-17)15-24-10-12-25(13-11-24)21(27)7-3-4-16-14-22-19-6-2-1-5-18(16)19/h1-2,5-6,14,17,22H,3-4,7-13,15H2,(H,23,26). The Labute approximate surface area is 159 Å². The second-order valence-electron chi connectivity index (χ2n) is 7.71. The lowest BCUT2D eigenvalue weighted by molar-refractivity contribution is -0.133. The van der Waals surface area contributed by atoms with Gasteiger partial charge in [0.1, 0.15) is 0 Å². The summed E-state index contributed by atoms with van der Waals surface area (Å²) >= 11 is 0. The van der Waals surface area contributed by atoms with Crippen molar-refractivity contribution in [2.75, 3.05) is 32.7 Å². The number of carbonyl (C=O) groups excluding carboxylic acids is 2. The van der Waals surface area contributed by atoms with E-state index in [0.717, 1.165) is 57.4 Å². The lowest BCUT2D eigenvalue weighted by Gasteiger charge is -2.34. The zero-order valence-corrected chi connectivity index (χ0v) is 15.7. The topological polar surface area (TPSA) is 68.4 Å². The van der Waals surface area contributed by atoms with Crippen molar-refractivity contribution in [3.05, 3.63) is 36.0 Å². The van der Waals surface area contributed by atoms with Crippen LogP contribution >= 0.6 is 0 Å². The van der Waals surface area contributed by atoms with Crippen LogP contribution < -0.4 is 5.32 Å². The van der Waals surface area contributed by atoms with Gasteiger partial charge < -0.3 is 15.2 Å². The molecule has 0 atom stereocenters. The van der Waals surface area contributed by atoms with Crippen LogP contribution in [0.25, 0.3) is 10.9 Å². The number of nitrogens with zero attached hydrogens (tertiary/aromatic N) is 2. The summed E-state index contributed by atoms with van der Waals surface area (Å²) in [5.41, 5.74) is 2.44. The van der Waals surface area contributed by atoms with Crippen molar-refractivity contribution in [3.63, 3.8) is 0 Å². The molecule has 1 saturated carbocycles. The van der Waals surface area contributed by atoms with E-state index >= 15 is 0 Å². The molecule has 27 heavy (non-hydrogen) atoms. The summed E-state index contributed by atoms with van der Waals surface area (Å²) in [6.45, 7) is 3.48. The number of aryl methyl sites for hydroxylation is 1. The summed E-state index contributed by atoms with van der Waals surface area (Å²) < 4.78 is 0. The maximum absolute atomic E-state index is 12.5. The highest BCUT2D eigenvalue weighted by molar-refractivity contribution is 5.83. The molecule has 1 saturated heterocycles. The fourth-order valence-electron chi connectivity index (χ4n) is 3.79. The number of aromatic nitrogens is 1. The summed E-state index contributed by atoms with van der Waals surface area (Å²) in [4.78, 5) is 31.8. The second kappa shape index (κ2) is 8.13. The van der Waals surface area contributed by atoms with E-state index in [1.807, 2.05) is 11.0 Å². The van der Waals surface area contributed by atoms with Crippen LogP contribution in [0.1, 0.15) is 31.2 Å². The Morgan fingerprint density at radius 2 is 1.89 bits per heavy atom. The molecule has 0 radical (unpaired) electrons. The minimum Gasteiger partial charge on any atom is -0.361 e. The van der Waals surface area contributed by atoms with E-state index < -0.39 is 0 Å². The summed E-state index contributed by atoms with van der Waals surface area (Å²) in [6, 6.07) is 8.70. The first-order chi connectivity index (χ1) is 13.2. The number of carbonyl (C=O) groups is 2. The molecule has 2 heterocycles. The minimum absolute atomic E-state index is 0.121. The summed E-state index contributed by atoms with van der Waals surface area (Å²) in [7, 11) is 0. The van der Waals surface area contributed by atoms with Crippen LogP contribution in [0, 0.1) is 0 Å².